The summed E-state index contributed by atoms with van der Waals surface area (Å²) in [5.74, 6) is 0. The third-order valence-electron chi connectivity index (χ3n) is 3.50. The second-order valence-electron chi connectivity index (χ2n) is 4.88. The van der Waals surface area contributed by atoms with Gasteiger partial charge < -0.3 is 0 Å². The van der Waals surface area contributed by atoms with Gasteiger partial charge in [-0.1, -0.05) is 19.3 Å². The number of anilines is 1. The predicted molar refractivity (Wildman–Crippen MR) is 72.4 cm³/mol. The SMILES string of the molecule is O=S(=O)(Nc1cnc2ccnn2c1)C1CCCCC1. The zero-order valence-electron chi connectivity index (χ0n) is 10.5. The van der Waals surface area contributed by atoms with E-state index < -0.39 is 10.0 Å². The molecule has 1 saturated carbocycles. The Hall–Kier alpha value is -1.63. The molecule has 19 heavy (non-hydrogen) atoms. The lowest BCUT2D eigenvalue weighted by Gasteiger charge is -2.22. The van der Waals surface area contributed by atoms with Gasteiger partial charge in [0.15, 0.2) is 5.65 Å². The lowest BCUT2D eigenvalue weighted by molar-refractivity contribution is 0.486. The van der Waals surface area contributed by atoms with Crippen molar-refractivity contribution in [2.45, 2.75) is 37.4 Å². The van der Waals surface area contributed by atoms with Crippen LogP contribution in [0.1, 0.15) is 32.1 Å². The summed E-state index contributed by atoms with van der Waals surface area (Å²) < 4.78 is 28.7. The van der Waals surface area contributed by atoms with E-state index in [1.165, 1.54) is 6.20 Å². The van der Waals surface area contributed by atoms with Crippen LogP contribution in [-0.2, 0) is 10.0 Å². The fraction of sp³-hybridized carbons (Fsp3) is 0.500. The molecule has 0 aliphatic heterocycles. The Morgan fingerprint density at radius 1 is 1.26 bits per heavy atom. The van der Waals surface area contributed by atoms with E-state index in [4.69, 9.17) is 0 Å². The Kier molecular flexibility index (Phi) is 3.14. The minimum Gasteiger partial charge on any atom is -0.280 e. The maximum atomic E-state index is 12.3. The van der Waals surface area contributed by atoms with Gasteiger partial charge in [-0.15, -0.1) is 0 Å². The molecule has 6 nitrogen and oxygen atoms in total. The Morgan fingerprint density at radius 3 is 2.84 bits per heavy atom. The standard InChI is InChI=1S/C12H16N4O2S/c17-19(18,11-4-2-1-3-5-11)15-10-8-13-12-6-7-14-16(12)9-10/h6-9,11,15H,1-5H2. The lowest BCUT2D eigenvalue weighted by atomic mass is 10.0. The van der Waals surface area contributed by atoms with Crippen LogP contribution >= 0.6 is 0 Å². The highest BCUT2D eigenvalue weighted by molar-refractivity contribution is 7.93. The van der Waals surface area contributed by atoms with E-state index in [2.05, 4.69) is 14.8 Å². The molecule has 1 fully saturated rings. The highest BCUT2D eigenvalue weighted by atomic mass is 32.2. The second-order valence-corrected chi connectivity index (χ2v) is 6.84. The van der Waals surface area contributed by atoms with Crippen LogP contribution in [0.4, 0.5) is 5.69 Å². The number of aromatic nitrogens is 3. The third-order valence-corrected chi connectivity index (χ3v) is 5.37. The first-order valence-electron chi connectivity index (χ1n) is 6.46. The van der Waals surface area contributed by atoms with E-state index >= 15 is 0 Å². The number of sulfonamides is 1. The maximum absolute atomic E-state index is 12.3. The van der Waals surface area contributed by atoms with Crippen molar-refractivity contribution in [1.29, 1.82) is 0 Å². The van der Waals surface area contributed by atoms with Crippen molar-refractivity contribution in [2.24, 2.45) is 0 Å². The molecule has 1 aliphatic carbocycles. The first-order valence-corrected chi connectivity index (χ1v) is 8.01. The summed E-state index contributed by atoms with van der Waals surface area (Å²) >= 11 is 0. The van der Waals surface area contributed by atoms with Gasteiger partial charge in [0.1, 0.15) is 0 Å². The number of fused-ring (bicyclic) bond motifs is 1. The molecule has 2 heterocycles. The van der Waals surface area contributed by atoms with Crippen molar-refractivity contribution >= 4 is 21.4 Å². The molecular weight excluding hydrogens is 264 g/mol. The molecule has 0 radical (unpaired) electrons. The van der Waals surface area contributed by atoms with Crippen LogP contribution < -0.4 is 4.72 Å². The monoisotopic (exact) mass is 280 g/mol. The molecule has 2 aromatic heterocycles. The summed E-state index contributed by atoms with van der Waals surface area (Å²) in [4.78, 5) is 4.14. The van der Waals surface area contributed by atoms with Gasteiger partial charge in [-0.3, -0.25) is 4.72 Å². The van der Waals surface area contributed by atoms with Gasteiger partial charge in [-0.2, -0.15) is 5.10 Å². The minimum atomic E-state index is -3.32. The Morgan fingerprint density at radius 2 is 2.05 bits per heavy atom. The van der Waals surface area contributed by atoms with Gasteiger partial charge in [-0.05, 0) is 12.8 Å². The summed E-state index contributed by atoms with van der Waals surface area (Å²) in [5, 5.41) is 3.76. The normalized spacial score (nSPS) is 17.7. The Balaban J connectivity index is 1.82. The van der Waals surface area contributed by atoms with Gasteiger partial charge in [-0.25, -0.2) is 17.9 Å². The van der Waals surface area contributed by atoms with Gasteiger partial charge >= 0.3 is 0 Å². The van der Waals surface area contributed by atoms with E-state index in [9.17, 15) is 8.42 Å². The zero-order chi connectivity index (χ0) is 13.3. The zero-order valence-corrected chi connectivity index (χ0v) is 11.3. The van der Waals surface area contributed by atoms with Crippen LogP contribution in [0, 0.1) is 0 Å². The molecule has 2 aromatic rings. The highest BCUT2D eigenvalue weighted by Gasteiger charge is 2.27. The number of nitrogens with one attached hydrogen (secondary N) is 1. The molecule has 0 spiro atoms. The van der Waals surface area contributed by atoms with E-state index in [1.807, 2.05) is 0 Å². The van der Waals surface area contributed by atoms with Gasteiger partial charge in [0.25, 0.3) is 0 Å². The summed E-state index contributed by atoms with van der Waals surface area (Å²) in [5.41, 5.74) is 1.15. The number of hydrogen-bond donors (Lipinski definition) is 1. The molecule has 1 N–H and O–H groups in total. The fourth-order valence-corrected chi connectivity index (χ4v) is 4.04. The van der Waals surface area contributed by atoms with Gasteiger partial charge in [0, 0.05) is 6.07 Å². The Labute approximate surface area is 111 Å². The van der Waals surface area contributed by atoms with Crippen LogP contribution in [0.5, 0.6) is 0 Å². The molecule has 0 amide bonds. The number of hydrogen-bond acceptors (Lipinski definition) is 4. The predicted octanol–water partition coefficient (Wildman–Crippen LogP) is 1.80. The lowest BCUT2D eigenvalue weighted by Crippen LogP contribution is -2.29. The van der Waals surface area contributed by atoms with E-state index in [-0.39, 0.29) is 5.25 Å². The molecular formula is C12H16N4O2S. The summed E-state index contributed by atoms with van der Waals surface area (Å²) in [7, 11) is -3.32. The largest absolute Gasteiger partial charge is 0.280 e. The molecule has 0 saturated heterocycles. The van der Waals surface area contributed by atoms with Crippen molar-refractivity contribution in [2.75, 3.05) is 4.72 Å². The molecule has 3 rings (SSSR count). The summed E-state index contributed by atoms with van der Waals surface area (Å²) in [6, 6.07) is 1.76. The molecule has 7 heteroatoms. The summed E-state index contributed by atoms with van der Waals surface area (Å²) in [6.45, 7) is 0. The fourth-order valence-electron chi connectivity index (χ4n) is 2.49. The van der Waals surface area contributed by atoms with E-state index in [1.54, 1.807) is 23.0 Å². The van der Waals surface area contributed by atoms with Gasteiger partial charge in [0.05, 0.1) is 29.5 Å². The molecule has 102 valence electrons. The van der Waals surface area contributed by atoms with Crippen molar-refractivity contribution in [3.8, 4) is 0 Å². The van der Waals surface area contributed by atoms with Crippen molar-refractivity contribution in [3.05, 3.63) is 24.7 Å². The quantitative estimate of drug-likeness (QED) is 0.930. The molecule has 0 bridgehead atoms. The Bertz CT molecular complexity index is 674. The second kappa shape index (κ2) is 4.80. The number of rotatable bonds is 3. The van der Waals surface area contributed by atoms with Crippen molar-refractivity contribution < 1.29 is 8.42 Å². The summed E-state index contributed by atoms with van der Waals surface area (Å²) in [6.07, 6.45) is 9.39. The first kappa shape index (κ1) is 12.4. The van der Waals surface area contributed by atoms with Crippen LogP contribution in [0.15, 0.2) is 24.7 Å². The van der Waals surface area contributed by atoms with Crippen molar-refractivity contribution in [3.63, 3.8) is 0 Å². The molecule has 1 aliphatic rings. The van der Waals surface area contributed by atoms with Crippen LogP contribution in [0.3, 0.4) is 0 Å². The molecule has 0 aromatic carbocycles. The maximum Gasteiger partial charge on any atom is 0.235 e. The first-order chi connectivity index (χ1) is 9.15. The average Bonchev–Trinajstić information content (AvgIpc) is 2.87. The van der Waals surface area contributed by atoms with Crippen LogP contribution in [0.2, 0.25) is 0 Å². The topological polar surface area (TPSA) is 76.4 Å². The smallest absolute Gasteiger partial charge is 0.235 e. The minimum absolute atomic E-state index is 0.283. The van der Waals surface area contributed by atoms with E-state index in [0.29, 0.717) is 11.3 Å². The van der Waals surface area contributed by atoms with Crippen LogP contribution in [0.25, 0.3) is 5.65 Å². The van der Waals surface area contributed by atoms with Gasteiger partial charge in [0.2, 0.25) is 10.0 Å². The average molecular weight is 280 g/mol. The van der Waals surface area contributed by atoms with Crippen molar-refractivity contribution in [1.82, 2.24) is 14.6 Å². The highest BCUT2D eigenvalue weighted by Crippen LogP contribution is 2.25. The van der Waals surface area contributed by atoms with E-state index in [0.717, 1.165) is 32.1 Å². The molecule has 0 unspecified atom stereocenters. The number of nitrogens with zero attached hydrogens (tertiary/aromatic N) is 3. The third kappa shape index (κ3) is 2.56. The van der Waals surface area contributed by atoms with Crippen LogP contribution in [-0.4, -0.2) is 28.3 Å². The molecule has 0 atom stereocenters.